The van der Waals surface area contributed by atoms with Gasteiger partial charge in [0.2, 0.25) is 0 Å². The summed E-state index contributed by atoms with van der Waals surface area (Å²) in [6.45, 7) is 1.15. The second-order valence-electron chi connectivity index (χ2n) is 8.92. The molecule has 0 saturated carbocycles. The molecule has 40 heavy (non-hydrogen) atoms. The molecule has 1 aliphatic rings. The summed E-state index contributed by atoms with van der Waals surface area (Å²) in [6, 6.07) is 15.0. The Hall–Kier alpha value is -4.92. The van der Waals surface area contributed by atoms with Gasteiger partial charge in [0.25, 0.3) is 5.91 Å². The lowest BCUT2D eigenvalue weighted by molar-refractivity contribution is 0.00360. The molecule has 1 saturated heterocycles. The van der Waals surface area contributed by atoms with E-state index >= 15 is 0 Å². The highest BCUT2D eigenvalue weighted by Crippen LogP contribution is 2.35. The number of aliphatic hydroxyl groups is 1. The number of carbonyl (C=O) groups is 1. The molecule has 10 nitrogen and oxygen atoms in total. The van der Waals surface area contributed by atoms with E-state index in [9.17, 15) is 19.6 Å². The summed E-state index contributed by atoms with van der Waals surface area (Å²) in [5, 5.41) is 22.2. The minimum absolute atomic E-state index is 0.0118. The van der Waals surface area contributed by atoms with Crippen LogP contribution in [-0.2, 0) is 4.74 Å². The normalized spacial score (nSPS) is 14.8. The molecule has 2 N–H and O–H groups in total. The topological polar surface area (TPSA) is 133 Å². The Kier molecular flexibility index (Phi) is 7.91. The third-order valence-electron chi connectivity index (χ3n) is 6.49. The van der Waals surface area contributed by atoms with Crippen LogP contribution < -0.4 is 15.0 Å². The van der Waals surface area contributed by atoms with Gasteiger partial charge in [0, 0.05) is 37.2 Å². The third-order valence-corrected chi connectivity index (χ3v) is 6.49. The van der Waals surface area contributed by atoms with Gasteiger partial charge >= 0.3 is 0 Å². The van der Waals surface area contributed by atoms with Gasteiger partial charge < -0.3 is 24.8 Å². The van der Waals surface area contributed by atoms with Crippen LogP contribution in [0.1, 0.15) is 16.1 Å². The van der Waals surface area contributed by atoms with Gasteiger partial charge in [-0.05, 0) is 42.0 Å². The van der Waals surface area contributed by atoms with Crippen molar-refractivity contribution in [2.45, 2.75) is 6.10 Å². The van der Waals surface area contributed by atoms with Gasteiger partial charge in [-0.2, -0.15) is 5.26 Å². The molecule has 0 spiro atoms. The number of nitrogens with zero attached hydrogens (tertiary/aromatic N) is 5. The summed E-state index contributed by atoms with van der Waals surface area (Å²) in [5.41, 5.74) is 3.09. The van der Waals surface area contributed by atoms with Crippen LogP contribution in [0.4, 0.5) is 15.8 Å². The number of rotatable bonds is 7. The van der Waals surface area contributed by atoms with Crippen LogP contribution in [-0.4, -0.2) is 65.5 Å². The number of anilines is 2. The minimum Gasteiger partial charge on any atom is -0.496 e. The molecule has 1 amide bonds. The van der Waals surface area contributed by atoms with Crippen LogP contribution in [0.3, 0.4) is 0 Å². The number of aliphatic hydroxyl groups excluding tert-OH is 1. The molecule has 2 aromatic carbocycles. The maximum atomic E-state index is 14.6. The van der Waals surface area contributed by atoms with Gasteiger partial charge in [-0.3, -0.25) is 9.78 Å². The maximum absolute atomic E-state index is 14.6. The van der Waals surface area contributed by atoms with Crippen molar-refractivity contribution in [3.63, 3.8) is 0 Å². The average molecular weight is 541 g/mol. The molecule has 4 aromatic rings. The number of pyridine rings is 1. The fraction of sp³-hybridized carbons (Fsp3) is 0.207. The number of nitriles is 1. The van der Waals surface area contributed by atoms with Crippen molar-refractivity contribution < 1.29 is 23.8 Å². The Bertz CT molecular complexity index is 1590. The van der Waals surface area contributed by atoms with E-state index in [0.717, 1.165) is 5.56 Å². The Labute approximate surface area is 229 Å². The molecule has 1 aliphatic heterocycles. The van der Waals surface area contributed by atoms with Crippen molar-refractivity contribution in [3.05, 3.63) is 84.2 Å². The average Bonchev–Trinajstić information content (AvgIpc) is 3.01. The number of ether oxygens (including phenoxy) is 2. The lowest BCUT2D eigenvalue weighted by Crippen LogP contribution is -2.44. The lowest BCUT2D eigenvalue weighted by atomic mass is 10.0. The molecular formula is C29H25FN6O4. The zero-order valence-electron chi connectivity index (χ0n) is 21.5. The summed E-state index contributed by atoms with van der Waals surface area (Å²) in [5.74, 6) is -0.849. The number of nitrogens with one attached hydrogen (secondary N) is 1. The summed E-state index contributed by atoms with van der Waals surface area (Å²) < 4.78 is 25.5. The molecule has 0 aliphatic carbocycles. The first-order chi connectivity index (χ1) is 19.5. The number of halogens is 1. The number of hydrogen-bond acceptors (Lipinski definition) is 9. The van der Waals surface area contributed by atoms with Crippen LogP contribution in [0.25, 0.3) is 22.5 Å². The van der Waals surface area contributed by atoms with E-state index in [1.165, 1.54) is 31.5 Å². The minimum atomic E-state index is -0.576. The Morgan fingerprint density at radius 3 is 2.95 bits per heavy atom. The summed E-state index contributed by atoms with van der Waals surface area (Å²) in [7, 11) is 1.41. The maximum Gasteiger partial charge on any atom is 0.274 e. The number of methoxy groups -OCH3 is 1. The van der Waals surface area contributed by atoms with E-state index in [1.54, 1.807) is 36.7 Å². The fourth-order valence-corrected chi connectivity index (χ4v) is 4.52. The number of aromatic nitrogens is 3. The van der Waals surface area contributed by atoms with Crippen LogP contribution in [0.15, 0.2) is 67.1 Å². The monoisotopic (exact) mass is 540 g/mol. The Morgan fingerprint density at radius 1 is 1.27 bits per heavy atom. The van der Waals surface area contributed by atoms with E-state index < -0.39 is 17.8 Å². The first-order valence-electron chi connectivity index (χ1n) is 12.5. The second-order valence-corrected chi connectivity index (χ2v) is 8.92. The Balaban J connectivity index is 1.51. The molecule has 0 unspecified atom stereocenters. The first-order valence-corrected chi connectivity index (χ1v) is 12.5. The van der Waals surface area contributed by atoms with E-state index in [-0.39, 0.29) is 29.4 Å². The molecular weight excluding hydrogens is 515 g/mol. The lowest BCUT2D eigenvalue weighted by Gasteiger charge is -2.35. The van der Waals surface area contributed by atoms with Crippen molar-refractivity contribution >= 4 is 17.3 Å². The SMILES string of the molecule is COc1cccc(F)c1-c1nccc(C(=O)Nc2ccc(-c3cnccc3C#N)cc2N2CCO[C@@H](CO)C2)n1. The van der Waals surface area contributed by atoms with Crippen molar-refractivity contribution in [1.82, 2.24) is 15.0 Å². The number of amides is 1. The largest absolute Gasteiger partial charge is 0.496 e. The van der Waals surface area contributed by atoms with Crippen LogP contribution in [0.2, 0.25) is 0 Å². The van der Waals surface area contributed by atoms with E-state index in [4.69, 9.17) is 9.47 Å². The molecule has 0 radical (unpaired) electrons. The molecule has 202 valence electrons. The van der Waals surface area contributed by atoms with Crippen LogP contribution in [0, 0.1) is 17.1 Å². The summed E-state index contributed by atoms with van der Waals surface area (Å²) >= 11 is 0. The standard InChI is InChI=1S/C29H25FN6O4/c1-39-26-4-2-3-22(30)27(26)28-33-10-8-24(34-28)29(38)35-23-6-5-18(21-15-32-9-7-19(21)14-31)13-25(23)36-11-12-40-20(16-36)17-37/h2-10,13,15,20,37H,11-12,16-17H2,1H3,(H,35,38)/t20-/m1/s1. The first kappa shape index (κ1) is 26.7. The fourth-order valence-electron chi connectivity index (χ4n) is 4.52. The highest BCUT2D eigenvalue weighted by atomic mass is 19.1. The quantitative estimate of drug-likeness (QED) is 0.360. The van der Waals surface area contributed by atoms with E-state index in [0.29, 0.717) is 42.2 Å². The molecule has 11 heteroatoms. The number of morpholine rings is 1. The summed E-state index contributed by atoms with van der Waals surface area (Å²) in [4.78, 5) is 28.0. The van der Waals surface area contributed by atoms with E-state index in [1.807, 2.05) is 11.0 Å². The van der Waals surface area contributed by atoms with Crippen LogP contribution in [0.5, 0.6) is 5.75 Å². The Morgan fingerprint density at radius 2 is 2.15 bits per heavy atom. The van der Waals surface area contributed by atoms with Gasteiger partial charge in [-0.15, -0.1) is 0 Å². The molecule has 1 fully saturated rings. The predicted molar refractivity (Wildman–Crippen MR) is 145 cm³/mol. The number of benzene rings is 2. The van der Waals surface area contributed by atoms with Gasteiger partial charge in [0.15, 0.2) is 5.82 Å². The summed E-state index contributed by atoms with van der Waals surface area (Å²) in [6.07, 6.45) is 4.16. The zero-order chi connectivity index (χ0) is 28.1. The van der Waals surface area contributed by atoms with Gasteiger partial charge in [0.05, 0.1) is 55.0 Å². The highest BCUT2D eigenvalue weighted by molar-refractivity contribution is 6.05. The molecule has 0 bridgehead atoms. The van der Waals surface area contributed by atoms with Gasteiger partial charge in [0.1, 0.15) is 17.3 Å². The third kappa shape index (κ3) is 5.44. The zero-order valence-corrected chi connectivity index (χ0v) is 21.5. The number of hydrogen-bond donors (Lipinski definition) is 2. The molecule has 2 aromatic heterocycles. The smallest absolute Gasteiger partial charge is 0.274 e. The molecule has 5 rings (SSSR count). The number of carbonyl (C=O) groups excluding carboxylic acids is 1. The van der Waals surface area contributed by atoms with Gasteiger partial charge in [-0.25, -0.2) is 14.4 Å². The van der Waals surface area contributed by atoms with Crippen molar-refractivity contribution in [1.29, 1.82) is 5.26 Å². The van der Waals surface area contributed by atoms with Crippen molar-refractivity contribution in [2.24, 2.45) is 0 Å². The van der Waals surface area contributed by atoms with E-state index in [2.05, 4.69) is 26.3 Å². The second kappa shape index (κ2) is 11.9. The van der Waals surface area contributed by atoms with Gasteiger partial charge in [-0.1, -0.05) is 12.1 Å². The molecule has 3 heterocycles. The van der Waals surface area contributed by atoms with Crippen molar-refractivity contribution in [2.75, 3.05) is 43.6 Å². The highest BCUT2D eigenvalue weighted by Gasteiger charge is 2.24. The van der Waals surface area contributed by atoms with Crippen LogP contribution >= 0.6 is 0 Å². The van der Waals surface area contributed by atoms with Crippen molar-refractivity contribution in [3.8, 4) is 34.3 Å². The molecule has 1 atom stereocenters. The predicted octanol–water partition coefficient (Wildman–Crippen LogP) is 3.67.